The van der Waals surface area contributed by atoms with Crippen molar-refractivity contribution in [3.05, 3.63) is 60.7 Å². The van der Waals surface area contributed by atoms with E-state index < -0.39 is 24.1 Å². The Bertz CT molecular complexity index is 624. The van der Waals surface area contributed by atoms with Crippen molar-refractivity contribution in [1.82, 2.24) is 0 Å². The minimum absolute atomic E-state index is 0.129. The highest BCUT2D eigenvalue weighted by Gasteiger charge is 2.51. The first-order chi connectivity index (χ1) is 10.5. The predicted molar refractivity (Wildman–Crippen MR) is 77.0 cm³/mol. The second-order valence-corrected chi connectivity index (χ2v) is 4.45. The molecule has 0 aliphatic carbocycles. The number of carboxylic acid groups (broad SMARTS) is 2. The fraction of sp³-hybridized carbons (Fsp3) is 0.125. The molecule has 0 heterocycles. The van der Waals surface area contributed by atoms with Gasteiger partial charge >= 0.3 is 17.5 Å². The summed E-state index contributed by atoms with van der Waals surface area (Å²) in [6.45, 7) is -0.670. The van der Waals surface area contributed by atoms with Crippen LogP contribution in [-0.4, -0.2) is 34.4 Å². The van der Waals surface area contributed by atoms with Gasteiger partial charge in [-0.05, 0) is 24.3 Å². The van der Waals surface area contributed by atoms with Crippen molar-refractivity contribution in [3.8, 4) is 11.5 Å². The van der Waals surface area contributed by atoms with Gasteiger partial charge in [-0.1, -0.05) is 36.4 Å². The zero-order valence-electron chi connectivity index (χ0n) is 11.5. The SMILES string of the molecule is O=C(O)C(COc1ccccc1)(Oc1ccccc1)C(=O)O. The van der Waals surface area contributed by atoms with Crippen LogP contribution in [0.4, 0.5) is 0 Å². The second-order valence-electron chi connectivity index (χ2n) is 4.45. The Labute approximate surface area is 126 Å². The zero-order chi connectivity index (χ0) is 16.0. The summed E-state index contributed by atoms with van der Waals surface area (Å²) in [5, 5.41) is 18.7. The molecular weight excluding hydrogens is 288 g/mol. The Morgan fingerprint density at radius 1 is 0.818 bits per heavy atom. The molecule has 0 saturated carbocycles. The molecule has 0 fully saturated rings. The molecule has 2 N–H and O–H groups in total. The summed E-state index contributed by atoms with van der Waals surface area (Å²) in [6.07, 6.45) is 0. The standard InChI is InChI=1S/C16H14O6/c17-14(18)16(15(19)20,22-13-9-5-2-6-10-13)11-21-12-7-3-1-4-8-12/h1-10H,11H2,(H,17,18)(H,19,20). The number of para-hydroxylation sites is 2. The van der Waals surface area contributed by atoms with E-state index in [1.807, 2.05) is 0 Å². The molecule has 0 atom stereocenters. The summed E-state index contributed by atoms with van der Waals surface area (Å²) in [5.41, 5.74) is -2.53. The van der Waals surface area contributed by atoms with Gasteiger partial charge in [0.2, 0.25) is 0 Å². The Kier molecular flexibility index (Phi) is 4.63. The molecule has 0 aromatic heterocycles. The summed E-state index contributed by atoms with van der Waals surface area (Å²) in [5.74, 6) is -2.80. The number of rotatable bonds is 7. The molecule has 0 radical (unpaired) electrons. The van der Waals surface area contributed by atoms with E-state index in [4.69, 9.17) is 9.47 Å². The first kappa shape index (κ1) is 15.4. The van der Waals surface area contributed by atoms with Crippen molar-refractivity contribution in [2.45, 2.75) is 5.60 Å². The Hall–Kier alpha value is -3.02. The number of ether oxygens (including phenoxy) is 2. The van der Waals surface area contributed by atoms with E-state index in [1.54, 1.807) is 48.5 Å². The third kappa shape index (κ3) is 3.35. The van der Waals surface area contributed by atoms with Crippen molar-refractivity contribution in [2.75, 3.05) is 6.61 Å². The van der Waals surface area contributed by atoms with E-state index in [0.717, 1.165) is 0 Å². The number of carboxylic acids is 2. The third-order valence-electron chi connectivity index (χ3n) is 2.91. The Morgan fingerprint density at radius 2 is 1.27 bits per heavy atom. The van der Waals surface area contributed by atoms with Gasteiger partial charge in [-0.3, -0.25) is 0 Å². The molecule has 6 heteroatoms. The Morgan fingerprint density at radius 3 is 1.73 bits per heavy atom. The minimum Gasteiger partial charge on any atom is -0.488 e. The van der Waals surface area contributed by atoms with Gasteiger partial charge in [0, 0.05) is 0 Å². The van der Waals surface area contributed by atoms with Crippen LogP contribution in [0.15, 0.2) is 60.7 Å². The maximum absolute atomic E-state index is 11.5. The zero-order valence-corrected chi connectivity index (χ0v) is 11.5. The molecule has 0 aliphatic heterocycles. The Balaban J connectivity index is 2.25. The molecule has 2 aromatic carbocycles. The van der Waals surface area contributed by atoms with Gasteiger partial charge in [0.05, 0.1) is 0 Å². The van der Waals surface area contributed by atoms with Gasteiger partial charge in [-0.25, -0.2) is 9.59 Å². The van der Waals surface area contributed by atoms with Gasteiger partial charge in [0.15, 0.2) is 6.61 Å². The van der Waals surface area contributed by atoms with E-state index in [-0.39, 0.29) is 5.75 Å². The summed E-state index contributed by atoms with van der Waals surface area (Å²) in [4.78, 5) is 23.0. The van der Waals surface area contributed by atoms with Gasteiger partial charge in [-0.2, -0.15) is 0 Å². The number of aliphatic carboxylic acids is 2. The van der Waals surface area contributed by atoms with Crippen LogP contribution in [0, 0.1) is 0 Å². The maximum atomic E-state index is 11.5. The van der Waals surface area contributed by atoms with Crippen LogP contribution in [0.2, 0.25) is 0 Å². The molecule has 0 amide bonds. The summed E-state index contributed by atoms with van der Waals surface area (Å²) in [7, 11) is 0. The van der Waals surface area contributed by atoms with Crippen LogP contribution >= 0.6 is 0 Å². The maximum Gasteiger partial charge on any atom is 0.363 e. The predicted octanol–water partition coefficient (Wildman–Crippen LogP) is 2.05. The molecule has 0 spiro atoms. The van der Waals surface area contributed by atoms with Gasteiger partial charge in [0.1, 0.15) is 11.5 Å². The summed E-state index contributed by atoms with van der Waals surface area (Å²) < 4.78 is 10.5. The molecule has 2 rings (SSSR count). The molecule has 6 nitrogen and oxygen atoms in total. The van der Waals surface area contributed by atoms with E-state index in [9.17, 15) is 19.8 Å². The van der Waals surface area contributed by atoms with Gasteiger partial charge < -0.3 is 19.7 Å². The molecule has 0 unspecified atom stereocenters. The third-order valence-corrected chi connectivity index (χ3v) is 2.91. The highest BCUT2D eigenvalue weighted by atomic mass is 16.6. The fourth-order valence-electron chi connectivity index (χ4n) is 1.72. The number of hydrogen-bond acceptors (Lipinski definition) is 4. The molecule has 22 heavy (non-hydrogen) atoms. The van der Waals surface area contributed by atoms with Crippen LogP contribution in [0.25, 0.3) is 0 Å². The van der Waals surface area contributed by atoms with Crippen LogP contribution in [0.1, 0.15) is 0 Å². The second kappa shape index (κ2) is 6.62. The minimum atomic E-state index is -2.53. The molecule has 0 bridgehead atoms. The van der Waals surface area contributed by atoms with Crippen LogP contribution in [-0.2, 0) is 9.59 Å². The molecule has 114 valence electrons. The normalized spacial score (nSPS) is 10.7. The molecule has 0 saturated heterocycles. The monoisotopic (exact) mass is 302 g/mol. The lowest BCUT2D eigenvalue weighted by molar-refractivity contribution is -0.175. The lowest BCUT2D eigenvalue weighted by atomic mass is 10.1. The van der Waals surface area contributed by atoms with E-state index in [0.29, 0.717) is 5.75 Å². The molecule has 0 aliphatic rings. The van der Waals surface area contributed by atoms with E-state index in [2.05, 4.69) is 0 Å². The van der Waals surface area contributed by atoms with Gasteiger partial charge in [-0.15, -0.1) is 0 Å². The van der Waals surface area contributed by atoms with E-state index in [1.165, 1.54) is 12.1 Å². The number of hydrogen-bond donors (Lipinski definition) is 2. The summed E-state index contributed by atoms with van der Waals surface area (Å²) in [6, 6.07) is 16.2. The smallest absolute Gasteiger partial charge is 0.363 e. The first-order valence-corrected chi connectivity index (χ1v) is 6.43. The fourth-order valence-corrected chi connectivity index (χ4v) is 1.72. The largest absolute Gasteiger partial charge is 0.488 e. The highest BCUT2D eigenvalue weighted by molar-refractivity contribution is 6.02. The van der Waals surface area contributed by atoms with Crippen LogP contribution < -0.4 is 9.47 Å². The lowest BCUT2D eigenvalue weighted by Gasteiger charge is -2.26. The number of carbonyl (C=O) groups is 2. The number of benzene rings is 2. The first-order valence-electron chi connectivity index (χ1n) is 6.43. The van der Waals surface area contributed by atoms with Crippen LogP contribution in [0.3, 0.4) is 0 Å². The van der Waals surface area contributed by atoms with Crippen molar-refractivity contribution < 1.29 is 29.3 Å². The molecular formula is C16H14O6. The van der Waals surface area contributed by atoms with Crippen molar-refractivity contribution >= 4 is 11.9 Å². The average Bonchev–Trinajstić information content (AvgIpc) is 2.53. The summed E-state index contributed by atoms with van der Waals surface area (Å²) >= 11 is 0. The quantitative estimate of drug-likeness (QED) is 0.760. The van der Waals surface area contributed by atoms with Gasteiger partial charge in [0.25, 0.3) is 0 Å². The van der Waals surface area contributed by atoms with Crippen LogP contribution in [0.5, 0.6) is 11.5 Å². The van der Waals surface area contributed by atoms with Crippen molar-refractivity contribution in [3.63, 3.8) is 0 Å². The molecule has 2 aromatic rings. The van der Waals surface area contributed by atoms with Crippen molar-refractivity contribution in [2.24, 2.45) is 0 Å². The topological polar surface area (TPSA) is 93.1 Å². The highest BCUT2D eigenvalue weighted by Crippen LogP contribution is 2.21. The van der Waals surface area contributed by atoms with Crippen molar-refractivity contribution in [1.29, 1.82) is 0 Å². The average molecular weight is 302 g/mol. The lowest BCUT2D eigenvalue weighted by Crippen LogP contribution is -2.56. The van der Waals surface area contributed by atoms with E-state index >= 15 is 0 Å².